The summed E-state index contributed by atoms with van der Waals surface area (Å²) in [5.41, 5.74) is -0.184. The van der Waals surface area contributed by atoms with Gasteiger partial charge >= 0.3 is 0 Å². The standard InChI is InChI=1S/C18H18F2N4O/c19-13-4-5-14(15(20)12-13)18(7-1-2-8-18)17-22-16(25-23-17)6-11-24-10-3-9-21-24/h3-5,9-10,12H,1-2,6-8,11H2. The topological polar surface area (TPSA) is 56.7 Å². The van der Waals surface area contributed by atoms with Gasteiger partial charge in [0.05, 0.1) is 5.41 Å². The molecular formula is C18H18F2N4O. The molecule has 2 aromatic heterocycles. The Morgan fingerprint density at radius 1 is 1.20 bits per heavy atom. The Balaban J connectivity index is 1.63. The molecule has 0 atom stereocenters. The molecule has 0 saturated heterocycles. The van der Waals surface area contributed by atoms with Gasteiger partial charge < -0.3 is 4.52 Å². The number of aromatic nitrogens is 4. The maximum atomic E-state index is 14.4. The number of halogens is 2. The van der Waals surface area contributed by atoms with E-state index >= 15 is 0 Å². The SMILES string of the molecule is Fc1ccc(C2(c3noc(CCn4cccn4)n3)CCCC2)c(F)c1. The number of hydrogen-bond donors (Lipinski definition) is 0. The number of nitrogens with zero attached hydrogens (tertiary/aromatic N) is 4. The largest absolute Gasteiger partial charge is 0.339 e. The van der Waals surface area contributed by atoms with E-state index in [0.717, 1.165) is 31.7 Å². The highest BCUT2D eigenvalue weighted by Crippen LogP contribution is 2.46. The fourth-order valence-electron chi connectivity index (χ4n) is 3.66. The molecule has 1 saturated carbocycles. The highest BCUT2D eigenvalue weighted by atomic mass is 19.1. The molecule has 4 rings (SSSR count). The lowest BCUT2D eigenvalue weighted by molar-refractivity contribution is 0.351. The van der Waals surface area contributed by atoms with Gasteiger partial charge in [0, 0.05) is 37.0 Å². The van der Waals surface area contributed by atoms with Crippen molar-refractivity contribution in [3.8, 4) is 0 Å². The Hall–Kier alpha value is -2.57. The fourth-order valence-corrected chi connectivity index (χ4v) is 3.66. The quantitative estimate of drug-likeness (QED) is 0.709. The number of benzene rings is 1. The average molecular weight is 344 g/mol. The Kier molecular flexibility index (Phi) is 4.07. The van der Waals surface area contributed by atoms with Crippen LogP contribution in [0.1, 0.15) is 43.0 Å². The summed E-state index contributed by atoms with van der Waals surface area (Å²) in [6, 6.07) is 5.57. The van der Waals surface area contributed by atoms with E-state index in [1.54, 1.807) is 10.9 Å². The zero-order chi connectivity index (χ0) is 17.3. The third-order valence-electron chi connectivity index (χ3n) is 4.91. The highest BCUT2D eigenvalue weighted by Gasteiger charge is 2.43. The Bertz CT molecular complexity index is 854. The van der Waals surface area contributed by atoms with Crippen molar-refractivity contribution in [1.82, 2.24) is 19.9 Å². The fraction of sp³-hybridized carbons (Fsp3) is 0.389. The second-order valence-electron chi connectivity index (χ2n) is 6.44. The monoisotopic (exact) mass is 344 g/mol. The lowest BCUT2D eigenvalue weighted by atomic mass is 9.78. The normalized spacial score (nSPS) is 16.4. The van der Waals surface area contributed by atoms with Crippen LogP contribution in [0.15, 0.2) is 41.2 Å². The molecule has 1 aromatic carbocycles. The second-order valence-corrected chi connectivity index (χ2v) is 6.44. The molecule has 2 heterocycles. The van der Waals surface area contributed by atoms with Crippen molar-refractivity contribution in [2.24, 2.45) is 0 Å². The van der Waals surface area contributed by atoms with E-state index in [9.17, 15) is 8.78 Å². The Labute approximate surface area is 143 Å². The summed E-state index contributed by atoms with van der Waals surface area (Å²) < 4.78 is 34.9. The lowest BCUT2D eigenvalue weighted by Gasteiger charge is -2.26. The van der Waals surface area contributed by atoms with Crippen LogP contribution < -0.4 is 0 Å². The molecule has 0 unspecified atom stereocenters. The van der Waals surface area contributed by atoms with Crippen molar-refractivity contribution < 1.29 is 13.3 Å². The number of rotatable bonds is 5. The molecule has 1 aliphatic carbocycles. The molecule has 0 amide bonds. The van der Waals surface area contributed by atoms with E-state index in [2.05, 4.69) is 15.2 Å². The molecule has 130 valence electrons. The number of aryl methyl sites for hydroxylation is 2. The minimum atomic E-state index is -0.634. The van der Waals surface area contributed by atoms with E-state index in [0.29, 0.717) is 30.2 Å². The van der Waals surface area contributed by atoms with Crippen LogP contribution in [0.2, 0.25) is 0 Å². The smallest absolute Gasteiger partial charge is 0.228 e. The van der Waals surface area contributed by atoms with Gasteiger partial charge in [-0.25, -0.2) is 8.78 Å². The van der Waals surface area contributed by atoms with Crippen molar-refractivity contribution >= 4 is 0 Å². The molecule has 0 bridgehead atoms. The highest BCUT2D eigenvalue weighted by molar-refractivity contribution is 5.35. The molecule has 0 N–H and O–H groups in total. The summed E-state index contributed by atoms with van der Waals surface area (Å²) in [5, 5.41) is 8.27. The summed E-state index contributed by atoms with van der Waals surface area (Å²) in [7, 11) is 0. The summed E-state index contributed by atoms with van der Waals surface area (Å²) in [6.45, 7) is 0.631. The zero-order valence-electron chi connectivity index (χ0n) is 13.7. The third-order valence-corrected chi connectivity index (χ3v) is 4.91. The van der Waals surface area contributed by atoms with Gasteiger partial charge in [0.25, 0.3) is 0 Å². The lowest BCUT2D eigenvalue weighted by Crippen LogP contribution is -2.27. The van der Waals surface area contributed by atoms with Crippen molar-refractivity contribution in [2.45, 2.75) is 44.1 Å². The van der Waals surface area contributed by atoms with Gasteiger partial charge in [0.15, 0.2) is 5.82 Å². The minimum absolute atomic E-state index is 0.450. The zero-order valence-corrected chi connectivity index (χ0v) is 13.7. The molecule has 1 fully saturated rings. The van der Waals surface area contributed by atoms with Crippen molar-refractivity contribution in [1.29, 1.82) is 0 Å². The van der Waals surface area contributed by atoms with Gasteiger partial charge in [-0.3, -0.25) is 4.68 Å². The first-order valence-corrected chi connectivity index (χ1v) is 8.43. The van der Waals surface area contributed by atoms with E-state index in [4.69, 9.17) is 4.52 Å². The van der Waals surface area contributed by atoms with Gasteiger partial charge in [-0.15, -0.1) is 0 Å². The molecule has 0 spiro atoms. The minimum Gasteiger partial charge on any atom is -0.339 e. The van der Waals surface area contributed by atoms with Gasteiger partial charge in [0.2, 0.25) is 5.89 Å². The average Bonchev–Trinajstić information content (AvgIpc) is 3.34. The Morgan fingerprint density at radius 2 is 2.04 bits per heavy atom. The molecule has 3 aromatic rings. The van der Waals surface area contributed by atoms with Crippen LogP contribution in [0.4, 0.5) is 8.78 Å². The maximum absolute atomic E-state index is 14.4. The van der Waals surface area contributed by atoms with Crippen LogP contribution in [0.3, 0.4) is 0 Å². The van der Waals surface area contributed by atoms with Gasteiger partial charge in [-0.1, -0.05) is 24.1 Å². The molecule has 0 aliphatic heterocycles. The van der Waals surface area contributed by atoms with Crippen LogP contribution >= 0.6 is 0 Å². The van der Waals surface area contributed by atoms with Gasteiger partial charge in [-0.05, 0) is 25.0 Å². The van der Waals surface area contributed by atoms with Crippen LogP contribution in [-0.4, -0.2) is 19.9 Å². The Morgan fingerprint density at radius 3 is 2.76 bits per heavy atom. The van der Waals surface area contributed by atoms with Crippen LogP contribution in [0, 0.1) is 11.6 Å². The summed E-state index contributed by atoms with van der Waals surface area (Å²) >= 11 is 0. The third kappa shape index (κ3) is 2.94. The van der Waals surface area contributed by atoms with Gasteiger partial charge in [0.1, 0.15) is 11.6 Å². The number of hydrogen-bond acceptors (Lipinski definition) is 4. The molecule has 7 heteroatoms. The van der Waals surface area contributed by atoms with Crippen molar-refractivity contribution in [3.05, 3.63) is 65.6 Å². The van der Waals surface area contributed by atoms with E-state index < -0.39 is 17.0 Å². The molecular weight excluding hydrogens is 326 g/mol. The first-order chi connectivity index (χ1) is 12.2. The first-order valence-electron chi connectivity index (χ1n) is 8.43. The molecule has 25 heavy (non-hydrogen) atoms. The van der Waals surface area contributed by atoms with E-state index in [1.807, 2.05) is 12.3 Å². The summed E-state index contributed by atoms with van der Waals surface area (Å²) in [5.74, 6) is -0.141. The molecule has 5 nitrogen and oxygen atoms in total. The second kappa shape index (κ2) is 6.38. The van der Waals surface area contributed by atoms with E-state index in [1.165, 1.54) is 12.1 Å². The van der Waals surface area contributed by atoms with Crippen LogP contribution in [-0.2, 0) is 18.4 Å². The van der Waals surface area contributed by atoms with Crippen LogP contribution in [0.25, 0.3) is 0 Å². The van der Waals surface area contributed by atoms with Crippen molar-refractivity contribution in [3.63, 3.8) is 0 Å². The first kappa shape index (κ1) is 15.9. The maximum Gasteiger partial charge on any atom is 0.228 e. The van der Waals surface area contributed by atoms with E-state index in [-0.39, 0.29) is 0 Å². The molecule has 1 aliphatic rings. The predicted molar refractivity (Wildman–Crippen MR) is 85.8 cm³/mol. The van der Waals surface area contributed by atoms with Crippen LogP contribution in [0.5, 0.6) is 0 Å². The summed E-state index contributed by atoms with van der Waals surface area (Å²) in [6.07, 6.45) is 7.49. The molecule has 0 radical (unpaired) electrons. The van der Waals surface area contributed by atoms with Crippen molar-refractivity contribution in [2.75, 3.05) is 0 Å². The summed E-state index contributed by atoms with van der Waals surface area (Å²) in [4.78, 5) is 4.52. The predicted octanol–water partition coefficient (Wildman–Crippen LogP) is 3.65. The van der Waals surface area contributed by atoms with Gasteiger partial charge in [-0.2, -0.15) is 10.1 Å².